The second-order valence-electron chi connectivity index (χ2n) is 5.61. The number of rotatable bonds is 6. The Bertz CT molecular complexity index is 276. The highest BCUT2D eigenvalue weighted by Gasteiger charge is 2.39. The number of hydrogen-bond donors (Lipinski definition) is 1. The third kappa shape index (κ3) is 3.45. The average molecular weight is 257 g/mol. The van der Waals surface area contributed by atoms with Crippen LogP contribution in [0.1, 0.15) is 53.4 Å². The Morgan fingerprint density at radius 1 is 1.44 bits per heavy atom. The van der Waals surface area contributed by atoms with Gasteiger partial charge >= 0.3 is 5.97 Å². The SMILES string of the molecule is CCCC1CC(N(CC)C(C)(C)C(=O)O)CCO1. The molecule has 18 heavy (non-hydrogen) atoms. The molecule has 0 aromatic rings. The standard InChI is InChI=1S/C14H27NO3/c1-5-7-12-10-11(8-9-18-12)15(6-2)14(3,4)13(16)17/h11-12H,5-10H2,1-4H3,(H,16,17). The van der Waals surface area contributed by atoms with Crippen LogP contribution in [0.5, 0.6) is 0 Å². The van der Waals surface area contributed by atoms with Gasteiger partial charge in [-0.25, -0.2) is 0 Å². The lowest BCUT2D eigenvalue weighted by Crippen LogP contribution is -2.56. The Hall–Kier alpha value is -0.610. The van der Waals surface area contributed by atoms with Crippen LogP contribution in [0.3, 0.4) is 0 Å². The number of hydrogen-bond acceptors (Lipinski definition) is 3. The normalized spacial score (nSPS) is 25.4. The smallest absolute Gasteiger partial charge is 0.323 e. The minimum Gasteiger partial charge on any atom is -0.480 e. The molecule has 0 bridgehead atoms. The first-order chi connectivity index (χ1) is 8.43. The number of carboxylic acid groups (broad SMARTS) is 1. The summed E-state index contributed by atoms with van der Waals surface area (Å²) < 4.78 is 5.74. The lowest BCUT2D eigenvalue weighted by Gasteiger charge is -2.43. The van der Waals surface area contributed by atoms with Gasteiger partial charge in [-0.3, -0.25) is 9.69 Å². The molecule has 1 saturated heterocycles. The van der Waals surface area contributed by atoms with Crippen LogP contribution in [0, 0.1) is 0 Å². The zero-order valence-corrected chi connectivity index (χ0v) is 12.1. The van der Waals surface area contributed by atoms with Gasteiger partial charge in [-0.05, 0) is 39.7 Å². The number of likely N-dealkylation sites (N-methyl/N-ethyl adjacent to an activating group) is 1. The quantitative estimate of drug-likeness (QED) is 0.794. The number of aliphatic carboxylic acids is 1. The van der Waals surface area contributed by atoms with Gasteiger partial charge < -0.3 is 9.84 Å². The number of ether oxygens (including phenoxy) is 1. The van der Waals surface area contributed by atoms with Gasteiger partial charge in [0.15, 0.2) is 0 Å². The van der Waals surface area contributed by atoms with Crippen molar-refractivity contribution >= 4 is 5.97 Å². The summed E-state index contributed by atoms with van der Waals surface area (Å²) in [5.41, 5.74) is -0.798. The van der Waals surface area contributed by atoms with Crippen LogP contribution in [-0.2, 0) is 9.53 Å². The van der Waals surface area contributed by atoms with Crippen LogP contribution in [0.25, 0.3) is 0 Å². The maximum Gasteiger partial charge on any atom is 0.323 e. The Balaban J connectivity index is 2.73. The lowest BCUT2D eigenvalue weighted by atomic mass is 9.93. The van der Waals surface area contributed by atoms with Crippen molar-refractivity contribution in [2.75, 3.05) is 13.2 Å². The molecule has 1 aliphatic heterocycles. The lowest BCUT2D eigenvalue weighted by molar-refractivity contribution is -0.153. The van der Waals surface area contributed by atoms with E-state index in [2.05, 4.69) is 11.8 Å². The monoisotopic (exact) mass is 257 g/mol. The van der Waals surface area contributed by atoms with Gasteiger partial charge in [0.2, 0.25) is 0 Å². The van der Waals surface area contributed by atoms with Crippen LogP contribution in [0.4, 0.5) is 0 Å². The van der Waals surface area contributed by atoms with Gasteiger partial charge in [-0.1, -0.05) is 20.3 Å². The maximum atomic E-state index is 11.4. The number of carbonyl (C=O) groups is 1. The van der Waals surface area contributed by atoms with Crippen LogP contribution in [-0.4, -0.2) is 46.8 Å². The first-order valence-corrected chi connectivity index (χ1v) is 7.05. The highest BCUT2D eigenvalue weighted by atomic mass is 16.5. The van der Waals surface area contributed by atoms with Crippen molar-refractivity contribution < 1.29 is 14.6 Å². The van der Waals surface area contributed by atoms with Gasteiger partial charge in [0, 0.05) is 12.6 Å². The zero-order valence-electron chi connectivity index (χ0n) is 12.1. The second-order valence-corrected chi connectivity index (χ2v) is 5.61. The molecule has 4 nitrogen and oxygen atoms in total. The number of nitrogens with zero attached hydrogens (tertiary/aromatic N) is 1. The largest absolute Gasteiger partial charge is 0.480 e. The van der Waals surface area contributed by atoms with Crippen molar-refractivity contribution in [3.8, 4) is 0 Å². The third-order valence-electron chi connectivity index (χ3n) is 3.97. The van der Waals surface area contributed by atoms with Crippen molar-refractivity contribution in [1.29, 1.82) is 0 Å². The molecular formula is C14H27NO3. The number of carboxylic acids is 1. The van der Waals surface area contributed by atoms with E-state index in [9.17, 15) is 9.90 Å². The molecule has 1 rings (SSSR count). The van der Waals surface area contributed by atoms with E-state index in [1.54, 1.807) is 13.8 Å². The van der Waals surface area contributed by atoms with Crippen LogP contribution in [0.2, 0.25) is 0 Å². The molecule has 0 radical (unpaired) electrons. The molecule has 1 heterocycles. The average Bonchev–Trinajstić information content (AvgIpc) is 2.30. The minimum absolute atomic E-state index is 0.299. The van der Waals surface area contributed by atoms with Crippen molar-refractivity contribution in [3.05, 3.63) is 0 Å². The highest BCUT2D eigenvalue weighted by Crippen LogP contribution is 2.27. The van der Waals surface area contributed by atoms with Crippen molar-refractivity contribution in [3.63, 3.8) is 0 Å². The van der Waals surface area contributed by atoms with Gasteiger partial charge in [0.05, 0.1) is 6.10 Å². The first-order valence-electron chi connectivity index (χ1n) is 7.05. The van der Waals surface area contributed by atoms with E-state index in [1.807, 2.05) is 6.92 Å². The Kier molecular flexibility index (Phi) is 5.60. The summed E-state index contributed by atoms with van der Waals surface area (Å²) in [6, 6.07) is 0.325. The Labute approximate surface area is 110 Å². The fourth-order valence-corrected chi connectivity index (χ4v) is 2.90. The summed E-state index contributed by atoms with van der Waals surface area (Å²) in [5.74, 6) is -0.747. The molecule has 1 N–H and O–H groups in total. The zero-order chi connectivity index (χ0) is 13.8. The fourth-order valence-electron chi connectivity index (χ4n) is 2.90. The summed E-state index contributed by atoms with van der Waals surface area (Å²) in [4.78, 5) is 13.5. The van der Waals surface area contributed by atoms with Gasteiger partial charge in [0.25, 0.3) is 0 Å². The summed E-state index contributed by atoms with van der Waals surface area (Å²) in [6.45, 7) is 9.30. The first kappa shape index (κ1) is 15.4. The molecule has 1 aliphatic rings. The summed E-state index contributed by atoms with van der Waals surface area (Å²) >= 11 is 0. The molecule has 2 unspecified atom stereocenters. The van der Waals surface area contributed by atoms with E-state index in [4.69, 9.17) is 4.74 Å². The molecule has 106 valence electrons. The molecule has 2 atom stereocenters. The molecule has 1 fully saturated rings. The van der Waals surface area contributed by atoms with Gasteiger partial charge in [-0.2, -0.15) is 0 Å². The van der Waals surface area contributed by atoms with E-state index < -0.39 is 11.5 Å². The maximum absolute atomic E-state index is 11.4. The van der Waals surface area contributed by atoms with Crippen LogP contribution < -0.4 is 0 Å². The van der Waals surface area contributed by atoms with Gasteiger partial charge in [-0.15, -0.1) is 0 Å². The second kappa shape index (κ2) is 6.53. The topological polar surface area (TPSA) is 49.8 Å². The van der Waals surface area contributed by atoms with Crippen molar-refractivity contribution in [2.45, 2.75) is 71.1 Å². The molecule has 0 aromatic heterocycles. The molecule has 0 spiro atoms. The molecule has 0 aromatic carbocycles. The molecular weight excluding hydrogens is 230 g/mol. The van der Waals surface area contributed by atoms with E-state index >= 15 is 0 Å². The van der Waals surface area contributed by atoms with E-state index in [1.165, 1.54) is 0 Å². The predicted molar refractivity (Wildman–Crippen MR) is 71.8 cm³/mol. The van der Waals surface area contributed by atoms with Gasteiger partial charge in [0.1, 0.15) is 5.54 Å². The fraction of sp³-hybridized carbons (Fsp3) is 0.929. The van der Waals surface area contributed by atoms with Crippen molar-refractivity contribution in [1.82, 2.24) is 4.90 Å². The summed E-state index contributed by atoms with van der Waals surface area (Å²) in [6.07, 6.45) is 4.38. The van der Waals surface area contributed by atoms with E-state index in [-0.39, 0.29) is 0 Å². The molecule has 4 heteroatoms. The van der Waals surface area contributed by atoms with E-state index in [0.717, 1.165) is 38.8 Å². The molecule has 0 aliphatic carbocycles. The molecule has 0 amide bonds. The van der Waals surface area contributed by atoms with Crippen molar-refractivity contribution in [2.24, 2.45) is 0 Å². The Morgan fingerprint density at radius 3 is 2.61 bits per heavy atom. The van der Waals surface area contributed by atoms with Crippen LogP contribution >= 0.6 is 0 Å². The minimum atomic E-state index is -0.798. The van der Waals surface area contributed by atoms with E-state index in [0.29, 0.717) is 12.1 Å². The molecule has 0 saturated carbocycles. The predicted octanol–water partition coefficient (Wildman–Crippen LogP) is 2.52. The summed E-state index contributed by atoms with van der Waals surface area (Å²) in [7, 11) is 0. The summed E-state index contributed by atoms with van der Waals surface area (Å²) in [5, 5.41) is 9.37. The van der Waals surface area contributed by atoms with Crippen LogP contribution in [0.15, 0.2) is 0 Å². The highest BCUT2D eigenvalue weighted by molar-refractivity contribution is 5.77. The Morgan fingerprint density at radius 2 is 2.11 bits per heavy atom. The third-order valence-corrected chi connectivity index (χ3v) is 3.97.